The third-order valence-electron chi connectivity index (χ3n) is 6.23. The van der Waals surface area contributed by atoms with Crippen LogP contribution in [0.3, 0.4) is 0 Å². The van der Waals surface area contributed by atoms with Gasteiger partial charge in [-0.1, -0.05) is 0 Å². The highest BCUT2D eigenvalue weighted by atomic mass is 19.1. The quantitative estimate of drug-likeness (QED) is 0.786. The van der Waals surface area contributed by atoms with Gasteiger partial charge in [0.25, 0.3) is 5.91 Å². The van der Waals surface area contributed by atoms with Crippen molar-refractivity contribution in [3.63, 3.8) is 0 Å². The Morgan fingerprint density at radius 1 is 0.933 bits per heavy atom. The number of morpholine rings is 1. The fourth-order valence-corrected chi connectivity index (χ4v) is 4.23. The van der Waals surface area contributed by atoms with Gasteiger partial charge >= 0.3 is 0 Å². The van der Waals surface area contributed by atoms with Crippen molar-refractivity contribution in [2.24, 2.45) is 11.8 Å². The van der Waals surface area contributed by atoms with Crippen LogP contribution in [0.2, 0.25) is 0 Å². The van der Waals surface area contributed by atoms with E-state index in [1.54, 1.807) is 4.90 Å². The van der Waals surface area contributed by atoms with Gasteiger partial charge in [0.05, 0.1) is 13.2 Å². The predicted molar refractivity (Wildman–Crippen MR) is 107 cm³/mol. The summed E-state index contributed by atoms with van der Waals surface area (Å²) in [7, 11) is 0. The van der Waals surface area contributed by atoms with Crippen molar-refractivity contribution in [1.29, 1.82) is 0 Å². The van der Waals surface area contributed by atoms with E-state index in [1.165, 1.54) is 24.3 Å². The van der Waals surface area contributed by atoms with Gasteiger partial charge < -0.3 is 19.9 Å². The molecule has 1 N–H and O–H groups in total. The number of nitrogens with zero attached hydrogens (tertiary/aromatic N) is 2. The van der Waals surface area contributed by atoms with E-state index in [0.717, 1.165) is 12.8 Å². The number of carbonyl (C=O) groups is 3. The van der Waals surface area contributed by atoms with Crippen LogP contribution < -0.4 is 5.32 Å². The molecule has 1 aromatic rings. The third-order valence-corrected chi connectivity index (χ3v) is 6.23. The molecule has 1 saturated carbocycles. The van der Waals surface area contributed by atoms with Crippen LogP contribution >= 0.6 is 0 Å². The maximum atomic E-state index is 13.3. The third kappa shape index (κ3) is 4.80. The second-order valence-corrected chi connectivity index (χ2v) is 8.33. The molecule has 30 heavy (non-hydrogen) atoms. The Bertz CT molecular complexity index is 782. The second kappa shape index (κ2) is 9.12. The molecule has 4 rings (SSSR count). The first-order chi connectivity index (χ1) is 14.5. The molecule has 3 aliphatic rings. The number of ether oxygens (including phenoxy) is 1. The Morgan fingerprint density at radius 3 is 2.17 bits per heavy atom. The number of amides is 3. The summed E-state index contributed by atoms with van der Waals surface area (Å²) in [5, 5.41) is 2.90. The van der Waals surface area contributed by atoms with Gasteiger partial charge in [0.15, 0.2) is 0 Å². The summed E-state index contributed by atoms with van der Waals surface area (Å²) in [5.74, 6) is -0.558. The number of nitrogens with one attached hydrogen (secondary N) is 1. The first-order valence-electron chi connectivity index (χ1n) is 10.7. The Kier molecular flexibility index (Phi) is 6.32. The van der Waals surface area contributed by atoms with Crippen LogP contribution in [-0.2, 0) is 14.3 Å². The maximum absolute atomic E-state index is 13.3. The maximum Gasteiger partial charge on any atom is 0.251 e. The van der Waals surface area contributed by atoms with Crippen LogP contribution in [0.15, 0.2) is 24.3 Å². The first kappa shape index (κ1) is 20.8. The summed E-state index contributed by atoms with van der Waals surface area (Å²) >= 11 is 0. The van der Waals surface area contributed by atoms with Crippen LogP contribution in [0, 0.1) is 17.7 Å². The van der Waals surface area contributed by atoms with E-state index < -0.39 is 17.8 Å². The summed E-state index contributed by atoms with van der Waals surface area (Å²) in [4.78, 5) is 42.0. The molecule has 1 unspecified atom stereocenters. The van der Waals surface area contributed by atoms with Gasteiger partial charge in [-0.3, -0.25) is 14.4 Å². The number of benzene rings is 1. The summed E-state index contributed by atoms with van der Waals surface area (Å²) < 4.78 is 18.5. The van der Waals surface area contributed by atoms with Crippen molar-refractivity contribution < 1.29 is 23.5 Å². The van der Waals surface area contributed by atoms with Crippen LogP contribution in [0.1, 0.15) is 36.0 Å². The Hall–Kier alpha value is -2.48. The molecular weight excluding hydrogens is 389 g/mol. The Morgan fingerprint density at radius 2 is 1.57 bits per heavy atom. The van der Waals surface area contributed by atoms with E-state index in [4.69, 9.17) is 4.74 Å². The van der Waals surface area contributed by atoms with Crippen LogP contribution in [-0.4, -0.2) is 73.0 Å². The molecule has 7 nitrogen and oxygen atoms in total. The zero-order valence-electron chi connectivity index (χ0n) is 17.0. The van der Waals surface area contributed by atoms with Gasteiger partial charge in [-0.2, -0.15) is 0 Å². The molecule has 3 amide bonds. The molecule has 1 aromatic carbocycles. The van der Waals surface area contributed by atoms with E-state index in [9.17, 15) is 18.8 Å². The molecule has 1 aliphatic carbocycles. The Balaban J connectivity index is 1.45. The van der Waals surface area contributed by atoms with Gasteiger partial charge in [-0.05, 0) is 55.9 Å². The molecule has 8 heteroatoms. The zero-order valence-corrected chi connectivity index (χ0v) is 17.0. The van der Waals surface area contributed by atoms with Crippen molar-refractivity contribution in [2.75, 3.05) is 39.4 Å². The lowest BCUT2D eigenvalue weighted by molar-refractivity contribution is -0.140. The first-order valence-corrected chi connectivity index (χ1v) is 10.7. The van der Waals surface area contributed by atoms with Gasteiger partial charge in [-0.15, -0.1) is 0 Å². The normalized spacial score (nSPS) is 21.2. The number of rotatable bonds is 5. The molecule has 0 spiro atoms. The van der Waals surface area contributed by atoms with E-state index in [0.29, 0.717) is 57.8 Å². The fraction of sp³-hybridized carbons (Fsp3) is 0.591. The zero-order chi connectivity index (χ0) is 21.1. The lowest BCUT2D eigenvalue weighted by Gasteiger charge is -2.38. The highest BCUT2D eigenvalue weighted by Crippen LogP contribution is 2.33. The van der Waals surface area contributed by atoms with Gasteiger partial charge in [0.1, 0.15) is 11.9 Å². The minimum absolute atomic E-state index is 0.0482. The van der Waals surface area contributed by atoms with Gasteiger partial charge in [0.2, 0.25) is 11.8 Å². The average Bonchev–Trinajstić information content (AvgIpc) is 3.63. The van der Waals surface area contributed by atoms with E-state index in [2.05, 4.69) is 5.32 Å². The molecule has 162 valence electrons. The predicted octanol–water partition coefficient (Wildman–Crippen LogP) is 1.43. The second-order valence-electron chi connectivity index (χ2n) is 8.33. The topological polar surface area (TPSA) is 79.0 Å². The Labute approximate surface area is 175 Å². The minimum atomic E-state index is -0.668. The molecule has 3 fully saturated rings. The molecular formula is C22H28FN3O4. The summed E-state index contributed by atoms with van der Waals surface area (Å²) in [6.07, 6.45) is 3.29. The molecule has 2 heterocycles. The van der Waals surface area contributed by atoms with E-state index >= 15 is 0 Å². The van der Waals surface area contributed by atoms with Crippen molar-refractivity contribution in [3.8, 4) is 0 Å². The van der Waals surface area contributed by atoms with Crippen molar-refractivity contribution >= 4 is 17.7 Å². The van der Waals surface area contributed by atoms with E-state index in [1.807, 2.05) is 4.90 Å². The summed E-state index contributed by atoms with van der Waals surface area (Å²) in [6.45, 7) is 3.19. The fourth-order valence-electron chi connectivity index (χ4n) is 4.23. The lowest BCUT2D eigenvalue weighted by Crippen LogP contribution is -2.56. The van der Waals surface area contributed by atoms with Crippen LogP contribution in [0.25, 0.3) is 0 Å². The van der Waals surface area contributed by atoms with Crippen LogP contribution in [0.4, 0.5) is 4.39 Å². The SMILES string of the molecule is O=C(NC(C(=O)N1CCOCC1)C1CCN(C(=O)C2CC2)CC1)c1ccc(F)cc1. The number of carbonyl (C=O) groups excluding carboxylic acids is 3. The van der Waals surface area contributed by atoms with Gasteiger partial charge in [0, 0.05) is 37.7 Å². The minimum Gasteiger partial charge on any atom is -0.378 e. The van der Waals surface area contributed by atoms with Crippen molar-refractivity contribution in [2.45, 2.75) is 31.7 Å². The van der Waals surface area contributed by atoms with Crippen LogP contribution in [0.5, 0.6) is 0 Å². The lowest BCUT2D eigenvalue weighted by atomic mass is 9.88. The van der Waals surface area contributed by atoms with Crippen molar-refractivity contribution in [1.82, 2.24) is 15.1 Å². The highest BCUT2D eigenvalue weighted by Gasteiger charge is 2.39. The largest absolute Gasteiger partial charge is 0.378 e. The monoisotopic (exact) mass is 417 g/mol. The van der Waals surface area contributed by atoms with E-state index in [-0.39, 0.29) is 23.7 Å². The van der Waals surface area contributed by atoms with Crippen molar-refractivity contribution in [3.05, 3.63) is 35.6 Å². The number of halogens is 1. The number of hydrogen-bond donors (Lipinski definition) is 1. The molecule has 2 saturated heterocycles. The molecule has 0 radical (unpaired) electrons. The van der Waals surface area contributed by atoms with Gasteiger partial charge in [-0.25, -0.2) is 4.39 Å². The smallest absolute Gasteiger partial charge is 0.251 e. The highest BCUT2D eigenvalue weighted by molar-refractivity contribution is 5.97. The molecule has 0 aromatic heterocycles. The molecule has 2 aliphatic heterocycles. The summed E-state index contributed by atoms with van der Waals surface area (Å²) in [5.41, 5.74) is 0.317. The molecule has 0 bridgehead atoms. The summed E-state index contributed by atoms with van der Waals surface area (Å²) in [6, 6.07) is 4.62. The standard InChI is InChI=1S/C22H28FN3O4/c23-18-5-3-16(4-6-18)20(27)24-19(22(29)26-11-13-30-14-12-26)15-7-9-25(10-8-15)21(28)17-1-2-17/h3-6,15,17,19H,1-2,7-14H2,(H,24,27). The average molecular weight is 417 g/mol. The number of likely N-dealkylation sites (tertiary alicyclic amines) is 1. The number of hydrogen-bond acceptors (Lipinski definition) is 4. The molecule has 1 atom stereocenters. The number of piperidine rings is 1.